The van der Waals surface area contributed by atoms with Crippen molar-refractivity contribution in [2.75, 3.05) is 13.1 Å². The topological polar surface area (TPSA) is 62.3 Å². The van der Waals surface area contributed by atoms with Crippen LogP contribution < -0.4 is 5.32 Å². The van der Waals surface area contributed by atoms with E-state index in [1.54, 1.807) is 34.9 Å². The van der Waals surface area contributed by atoms with Gasteiger partial charge in [0.15, 0.2) is 0 Å². The van der Waals surface area contributed by atoms with Gasteiger partial charge >= 0.3 is 0 Å². The van der Waals surface area contributed by atoms with Crippen molar-refractivity contribution in [3.8, 4) is 0 Å². The molecule has 0 radical (unpaired) electrons. The minimum atomic E-state index is -3.55. The van der Waals surface area contributed by atoms with Gasteiger partial charge in [-0.1, -0.05) is 12.1 Å². The van der Waals surface area contributed by atoms with E-state index in [2.05, 4.69) is 10.3 Å². The first-order chi connectivity index (χ1) is 10.9. The molecule has 2 unspecified atom stereocenters. The second-order valence-electron chi connectivity index (χ2n) is 7.02. The normalized spacial score (nSPS) is 27.4. The van der Waals surface area contributed by atoms with Crippen LogP contribution in [0, 0.1) is 5.92 Å². The number of rotatable bonds is 2. The quantitative estimate of drug-likeness (QED) is 0.914. The van der Waals surface area contributed by atoms with E-state index >= 15 is 0 Å². The average molecular weight is 331 g/mol. The fourth-order valence-electron chi connectivity index (χ4n) is 4.23. The number of aromatic nitrogens is 1. The van der Waals surface area contributed by atoms with Crippen LogP contribution in [-0.2, 0) is 10.0 Å². The van der Waals surface area contributed by atoms with Crippen molar-refractivity contribution in [3.05, 3.63) is 36.7 Å². The molecule has 2 aliphatic heterocycles. The molecular weight excluding hydrogens is 310 g/mol. The van der Waals surface area contributed by atoms with E-state index in [9.17, 15) is 8.42 Å². The summed E-state index contributed by atoms with van der Waals surface area (Å²) in [7, 11) is -3.55. The number of hydrogen-bond acceptors (Lipinski definition) is 4. The highest BCUT2D eigenvalue weighted by Crippen LogP contribution is 2.41. The molecule has 1 N–H and O–H groups in total. The summed E-state index contributed by atoms with van der Waals surface area (Å²) in [5.41, 5.74) is -0.421. The van der Waals surface area contributed by atoms with Crippen LogP contribution in [0.25, 0.3) is 10.8 Å². The van der Waals surface area contributed by atoms with E-state index in [1.807, 2.05) is 19.9 Å². The zero-order valence-electron chi connectivity index (χ0n) is 13.4. The molecule has 1 aromatic heterocycles. The lowest BCUT2D eigenvalue weighted by molar-refractivity contribution is 0.253. The first-order valence-corrected chi connectivity index (χ1v) is 9.45. The Balaban J connectivity index is 1.84. The van der Waals surface area contributed by atoms with Gasteiger partial charge in [-0.2, -0.15) is 4.31 Å². The Morgan fingerprint density at radius 2 is 2.13 bits per heavy atom. The van der Waals surface area contributed by atoms with E-state index in [4.69, 9.17) is 0 Å². The molecule has 3 heterocycles. The lowest BCUT2D eigenvalue weighted by atomic mass is 9.92. The molecule has 2 saturated heterocycles. The van der Waals surface area contributed by atoms with Gasteiger partial charge in [-0.15, -0.1) is 0 Å². The Hall–Kier alpha value is -1.50. The van der Waals surface area contributed by atoms with Gasteiger partial charge in [0.25, 0.3) is 0 Å². The number of nitrogens with one attached hydrogen (secondary N) is 1. The van der Waals surface area contributed by atoms with E-state index < -0.39 is 15.6 Å². The Morgan fingerprint density at radius 1 is 1.30 bits per heavy atom. The zero-order chi connectivity index (χ0) is 16.2. The highest BCUT2D eigenvalue weighted by atomic mass is 32.2. The third kappa shape index (κ3) is 2.12. The number of benzene rings is 1. The van der Waals surface area contributed by atoms with E-state index in [0.29, 0.717) is 17.4 Å². The number of fused-ring (bicyclic) bond motifs is 2. The molecule has 0 amide bonds. The van der Waals surface area contributed by atoms with Crippen LogP contribution >= 0.6 is 0 Å². The summed E-state index contributed by atoms with van der Waals surface area (Å²) in [4.78, 5) is 4.47. The Kier molecular flexibility index (Phi) is 3.27. The summed E-state index contributed by atoms with van der Waals surface area (Å²) in [5.74, 6) is 0.399. The third-order valence-corrected chi connectivity index (χ3v) is 7.48. The number of nitrogens with zero attached hydrogens (tertiary/aromatic N) is 2. The van der Waals surface area contributed by atoms with Gasteiger partial charge in [0, 0.05) is 41.3 Å². The predicted octanol–water partition coefficient (Wildman–Crippen LogP) is 2.00. The lowest BCUT2D eigenvalue weighted by Gasteiger charge is -2.35. The zero-order valence-corrected chi connectivity index (χ0v) is 14.2. The Bertz CT molecular complexity index is 858. The van der Waals surface area contributed by atoms with Crippen LogP contribution in [0.3, 0.4) is 0 Å². The van der Waals surface area contributed by atoms with Gasteiger partial charge in [-0.25, -0.2) is 8.42 Å². The highest BCUT2D eigenvalue weighted by molar-refractivity contribution is 7.89. The fourth-order valence-corrected chi connectivity index (χ4v) is 6.30. The largest absolute Gasteiger partial charge is 0.312 e. The van der Waals surface area contributed by atoms with Gasteiger partial charge in [-0.05, 0) is 44.9 Å². The maximum Gasteiger partial charge on any atom is 0.244 e. The summed E-state index contributed by atoms with van der Waals surface area (Å²) in [5, 5.41) is 5.07. The smallest absolute Gasteiger partial charge is 0.244 e. The van der Waals surface area contributed by atoms with Crippen LogP contribution in [0.2, 0.25) is 0 Å². The van der Waals surface area contributed by atoms with Crippen molar-refractivity contribution in [3.63, 3.8) is 0 Å². The molecule has 2 atom stereocenters. The van der Waals surface area contributed by atoms with Gasteiger partial charge in [0.2, 0.25) is 10.0 Å². The molecule has 4 rings (SSSR count). The Morgan fingerprint density at radius 3 is 2.91 bits per heavy atom. The molecule has 0 spiro atoms. The highest BCUT2D eigenvalue weighted by Gasteiger charge is 2.54. The third-order valence-electron chi connectivity index (χ3n) is 5.36. The average Bonchev–Trinajstić information content (AvgIpc) is 3.09. The van der Waals surface area contributed by atoms with Crippen molar-refractivity contribution in [1.29, 1.82) is 0 Å². The molecule has 23 heavy (non-hydrogen) atoms. The second kappa shape index (κ2) is 5.00. The van der Waals surface area contributed by atoms with Gasteiger partial charge < -0.3 is 5.32 Å². The van der Waals surface area contributed by atoms with Crippen LogP contribution in [0.1, 0.15) is 20.3 Å². The second-order valence-corrected chi connectivity index (χ2v) is 8.85. The van der Waals surface area contributed by atoms with Crippen LogP contribution in [0.4, 0.5) is 0 Å². The van der Waals surface area contributed by atoms with E-state index in [1.165, 1.54) is 0 Å². The molecule has 0 aliphatic carbocycles. The molecule has 2 aliphatic rings. The summed E-state index contributed by atoms with van der Waals surface area (Å²) >= 11 is 0. The van der Waals surface area contributed by atoms with Crippen molar-refractivity contribution < 1.29 is 8.42 Å². The van der Waals surface area contributed by atoms with Crippen molar-refractivity contribution >= 4 is 20.8 Å². The molecule has 2 aromatic rings. The van der Waals surface area contributed by atoms with Crippen LogP contribution in [-0.4, -0.2) is 42.4 Å². The SMILES string of the molecule is CC1(C)C2NCCC2CN1S(=O)(=O)c1cccc2cnccc12. The molecule has 122 valence electrons. The first kappa shape index (κ1) is 15.1. The monoisotopic (exact) mass is 331 g/mol. The molecule has 1 aromatic carbocycles. The maximum absolute atomic E-state index is 13.4. The summed E-state index contributed by atoms with van der Waals surface area (Å²) < 4.78 is 28.4. The van der Waals surface area contributed by atoms with Crippen molar-refractivity contribution in [1.82, 2.24) is 14.6 Å². The molecule has 0 saturated carbocycles. The standard InChI is InChI=1S/C17H21N3O2S/c1-17(2)16-13(6-9-19-16)11-20(17)23(21,22)15-5-3-4-12-10-18-8-7-14(12)15/h3-5,7-8,10,13,16,19H,6,9,11H2,1-2H3. The van der Waals surface area contributed by atoms with Gasteiger partial charge in [0.1, 0.15) is 0 Å². The minimum absolute atomic E-state index is 0.230. The molecule has 5 nitrogen and oxygen atoms in total. The van der Waals surface area contributed by atoms with E-state index in [0.717, 1.165) is 23.7 Å². The summed E-state index contributed by atoms with van der Waals surface area (Å²) in [6, 6.07) is 7.40. The minimum Gasteiger partial charge on any atom is -0.312 e. The summed E-state index contributed by atoms with van der Waals surface area (Å²) in [6.07, 6.45) is 4.39. The Labute approximate surface area is 136 Å². The molecule has 6 heteroatoms. The first-order valence-electron chi connectivity index (χ1n) is 8.01. The van der Waals surface area contributed by atoms with Crippen molar-refractivity contribution in [2.24, 2.45) is 5.92 Å². The van der Waals surface area contributed by atoms with Gasteiger partial charge in [0.05, 0.1) is 4.90 Å². The number of sulfonamides is 1. The fraction of sp³-hybridized carbons (Fsp3) is 0.471. The molecular formula is C17H21N3O2S. The van der Waals surface area contributed by atoms with E-state index in [-0.39, 0.29) is 6.04 Å². The van der Waals surface area contributed by atoms with Crippen LogP contribution in [0.5, 0.6) is 0 Å². The number of hydrogen-bond donors (Lipinski definition) is 1. The van der Waals surface area contributed by atoms with Crippen molar-refractivity contribution in [2.45, 2.75) is 36.7 Å². The van der Waals surface area contributed by atoms with Crippen LogP contribution in [0.15, 0.2) is 41.6 Å². The number of pyridine rings is 1. The van der Waals surface area contributed by atoms with Gasteiger partial charge in [-0.3, -0.25) is 4.98 Å². The lowest BCUT2D eigenvalue weighted by Crippen LogP contribution is -2.52. The maximum atomic E-state index is 13.4. The predicted molar refractivity (Wildman–Crippen MR) is 89.6 cm³/mol. The molecule has 0 bridgehead atoms. The summed E-state index contributed by atoms with van der Waals surface area (Å²) in [6.45, 7) is 5.63. The molecule has 2 fully saturated rings.